The van der Waals surface area contributed by atoms with Crippen LogP contribution in [0, 0.1) is 5.82 Å². The van der Waals surface area contributed by atoms with Gasteiger partial charge >= 0.3 is 6.18 Å². The normalized spacial score (nSPS) is 19.1. The van der Waals surface area contributed by atoms with Gasteiger partial charge in [0.05, 0.1) is 18.2 Å². The number of piperazine rings is 1. The van der Waals surface area contributed by atoms with Crippen LogP contribution >= 0.6 is 0 Å². The lowest BCUT2D eigenvalue weighted by atomic mass is 10.0. The lowest BCUT2D eigenvalue weighted by molar-refractivity contribution is -0.137. The number of rotatable bonds is 3. The largest absolute Gasteiger partial charge is 0.416 e. The molecule has 1 aliphatic heterocycles. The van der Waals surface area contributed by atoms with Gasteiger partial charge in [0.25, 0.3) is 0 Å². The first-order valence-corrected chi connectivity index (χ1v) is 6.35. The van der Waals surface area contributed by atoms with Crippen LogP contribution in [-0.4, -0.2) is 42.8 Å². The number of hydrogen-bond acceptors (Lipinski definition) is 3. The summed E-state index contributed by atoms with van der Waals surface area (Å²) in [6.07, 6.45) is -4.52. The van der Waals surface area contributed by atoms with E-state index in [9.17, 15) is 22.7 Å². The van der Waals surface area contributed by atoms with Crippen molar-refractivity contribution in [3.63, 3.8) is 0 Å². The molecule has 0 bridgehead atoms. The predicted octanol–water partition coefficient (Wildman–Crippen LogP) is 1.78. The number of benzene rings is 1. The number of halogens is 4. The SMILES string of the molecule is OC[C@H](c1cc(C(F)(F)F)ccc1F)N1CCNCC1. The summed E-state index contributed by atoms with van der Waals surface area (Å²) in [6, 6.07) is 1.56. The molecular weight excluding hydrogens is 276 g/mol. The van der Waals surface area contributed by atoms with E-state index in [2.05, 4.69) is 5.32 Å². The molecule has 20 heavy (non-hydrogen) atoms. The van der Waals surface area contributed by atoms with Gasteiger partial charge in [0.2, 0.25) is 0 Å². The summed E-state index contributed by atoms with van der Waals surface area (Å²) in [7, 11) is 0. The van der Waals surface area contributed by atoms with Crippen LogP contribution in [0.3, 0.4) is 0 Å². The Hall–Kier alpha value is -1.18. The minimum atomic E-state index is -4.52. The van der Waals surface area contributed by atoms with E-state index in [-0.39, 0.29) is 5.56 Å². The third-order valence-corrected chi connectivity index (χ3v) is 3.45. The van der Waals surface area contributed by atoms with Gasteiger partial charge in [-0.1, -0.05) is 0 Å². The minimum Gasteiger partial charge on any atom is -0.394 e. The zero-order valence-corrected chi connectivity index (χ0v) is 10.8. The summed E-state index contributed by atoms with van der Waals surface area (Å²) in [5.41, 5.74) is -1.01. The number of alkyl halides is 3. The van der Waals surface area contributed by atoms with Crippen molar-refractivity contribution in [1.82, 2.24) is 10.2 Å². The van der Waals surface area contributed by atoms with E-state index in [0.29, 0.717) is 32.2 Å². The second-order valence-electron chi connectivity index (χ2n) is 4.72. The quantitative estimate of drug-likeness (QED) is 0.834. The van der Waals surface area contributed by atoms with Crippen LogP contribution in [0.5, 0.6) is 0 Å². The molecule has 112 valence electrons. The fourth-order valence-corrected chi connectivity index (χ4v) is 2.38. The smallest absolute Gasteiger partial charge is 0.394 e. The van der Waals surface area contributed by atoms with E-state index in [1.807, 2.05) is 0 Å². The van der Waals surface area contributed by atoms with Gasteiger partial charge in [0.15, 0.2) is 0 Å². The van der Waals surface area contributed by atoms with Gasteiger partial charge in [-0.05, 0) is 18.2 Å². The van der Waals surface area contributed by atoms with Crippen molar-refractivity contribution >= 4 is 0 Å². The highest BCUT2D eigenvalue weighted by Gasteiger charge is 2.33. The molecule has 1 aromatic carbocycles. The van der Waals surface area contributed by atoms with E-state index in [1.165, 1.54) is 0 Å². The van der Waals surface area contributed by atoms with Gasteiger partial charge in [0, 0.05) is 31.7 Å². The summed E-state index contributed by atoms with van der Waals surface area (Å²) < 4.78 is 51.9. The molecule has 0 amide bonds. The molecule has 1 aromatic rings. The highest BCUT2D eigenvalue weighted by molar-refractivity contribution is 5.29. The Kier molecular flexibility index (Phi) is 4.62. The Labute approximate surface area is 114 Å². The summed E-state index contributed by atoms with van der Waals surface area (Å²) in [4.78, 5) is 1.79. The molecule has 2 rings (SSSR count). The van der Waals surface area contributed by atoms with Crippen LogP contribution in [0.4, 0.5) is 17.6 Å². The van der Waals surface area contributed by atoms with E-state index >= 15 is 0 Å². The maximum atomic E-state index is 13.8. The number of hydrogen-bond donors (Lipinski definition) is 2. The maximum Gasteiger partial charge on any atom is 0.416 e. The van der Waals surface area contributed by atoms with Crippen molar-refractivity contribution < 1.29 is 22.7 Å². The third kappa shape index (κ3) is 3.28. The molecule has 0 radical (unpaired) electrons. The predicted molar refractivity (Wildman–Crippen MR) is 65.7 cm³/mol. The summed E-state index contributed by atoms with van der Waals surface area (Å²) in [6.45, 7) is 2.02. The van der Waals surface area contributed by atoms with Crippen LogP contribution in [0.15, 0.2) is 18.2 Å². The average Bonchev–Trinajstić information content (AvgIpc) is 2.41. The molecule has 1 aliphatic rings. The Morgan fingerprint density at radius 2 is 1.90 bits per heavy atom. The zero-order chi connectivity index (χ0) is 14.8. The van der Waals surface area contributed by atoms with Gasteiger partial charge in [-0.25, -0.2) is 4.39 Å². The first-order chi connectivity index (χ1) is 9.43. The molecule has 2 N–H and O–H groups in total. The van der Waals surface area contributed by atoms with Crippen molar-refractivity contribution in [3.8, 4) is 0 Å². The summed E-state index contributed by atoms with van der Waals surface area (Å²) >= 11 is 0. The molecule has 0 spiro atoms. The molecule has 1 saturated heterocycles. The van der Waals surface area contributed by atoms with Crippen molar-refractivity contribution in [2.24, 2.45) is 0 Å². The fourth-order valence-electron chi connectivity index (χ4n) is 2.38. The molecular formula is C13H16F4N2O. The molecule has 0 saturated carbocycles. The maximum absolute atomic E-state index is 13.8. The van der Waals surface area contributed by atoms with Gasteiger partial charge < -0.3 is 10.4 Å². The van der Waals surface area contributed by atoms with Crippen molar-refractivity contribution in [3.05, 3.63) is 35.1 Å². The second-order valence-corrected chi connectivity index (χ2v) is 4.72. The van der Waals surface area contributed by atoms with Gasteiger partial charge in [-0.2, -0.15) is 13.2 Å². The lowest BCUT2D eigenvalue weighted by Gasteiger charge is -2.34. The van der Waals surface area contributed by atoms with E-state index < -0.39 is 30.2 Å². The lowest BCUT2D eigenvalue weighted by Crippen LogP contribution is -2.46. The molecule has 1 heterocycles. The Morgan fingerprint density at radius 3 is 2.45 bits per heavy atom. The number of nitrogens with one attached hydrogen (secondary N) is 1. The number of aliphatic hydroxyl groups excluding tert-OH is 1. The summed E-state index contributed by atoms with van der Waals surface area (Å²) in [5, 5.41) is 12.5. The van der Waals surface area contributed by atoms with Gasteiger partial charge in [-0.15, -0.1) is 0 Å². The highest BCUT2D eigenvalue weighted by atomic mass is 19.4. The Bertz CT molecular complexity index is 458. The topological polar surface area (TPSA) is 35.5 Å². The van der Waals surface area contributed by atoms with Gasteiger partial charge in [0.1, 0.15) is 5.82 Å². The first-order valence-electron chi connectivity index (χ1n) is 6.35. The average molecular weight is 292 g/mol. The monoisotopic (exact) mass is 292 g/mol. The van der Waals surface area contributed by atoms with Crippen molar-refractivity contribution in [1.29, 1.82) is 0 Å². The molecule has 7 heteroatoms. The summed E-state index contributed by atoms with van der Waals surface area (Å²) in [5.74, 6) is -0.726. The third-order valence-electron chi connectivity index (χ3n) is 3.45. The number of nitrogens with zero attached hydrogens (tertiary/aromatic N) is 1. The number of aliphatic hydroxyl groups is 1. The molecule has 0 aromatic heterocycles. The van der Waals surface area contributed by atoms with Crippen LogP contribution in [0.1, 0.15) is 17.2 Å². The zero-order valence-electron chi connectivity index (χ0n) is 10.8. The Balaban J connectivity index is 2.32. The van der Waals surface area contributed by atoms with Crippen LogP contribution in [0.2, 0.25) is 0 Å². The highest BCUT2D eigenvalue weighted by Crippen LogP contribution is 2.33. The van der Waals surface area contributed by atoms with Crippen molar-refractivity contribution in [2.45, 2.75) is 12.2 Å². The fraction of sp³-hybridized carbons (Fsp3) is 0.538. The minimum absolute atomic E-state index is 0.107. The van der Waals surface area contributed by atoms with Crippen LogP contribution in [-0.2, 0) is 6.18 Å². The molecule has 0 unspecified atom stereocenters. The van der Waals surface area contributed by atoms with Crippen LogP contribution < -0.4 is 5.32 Å². The van der Waals surface area contributed by atoms with Crippen LogP contribution in [0.25, 0.3) is 0 Å². The van der Waals surface area contributed by atoms with E-state index in [0.717, 1.165) is 12.1 Å². The molecule has 0 aliphatic carbocycles. The van der Waals surface area contributed by atoms with Gasteiger partial charge in [-0.3, -0.25) is 4.90 Å². The molecule has 3 nitrogen and oxygen atoms in total. The van der Waals surface area contributed by atoms with Crippen molar-refractivity contribution in [2.75, 3.05) is 32.8 Å². The standard InChI is InChI=1S/C13H16F4N2O/c14-11-2-1-9(13(15,16)17)7-10(11)12(8-20)19-5-3-18-4-6-19/h1-2,7,12,18,20H,3-6,8H2/t12-/m1/s1. The molecule has 1 fully saturated rings. The first kappa shape index (κ1) is 15.2. The Morgan fingerprint density at radius 1 is 1.25 bits per heavy atom. The second kappa shape index (κ2) is 6.07. The molecule has 1 atom stereocenters. The van der Waals surface area contributed by atoms with E-state index in [4.69, 9.17) is 0 Å². The van der Waals surface area contributed by atoms with E-state index in [1.54, 1.807) is 4.90 Å².